The third-order valence-corrected chi connectivity index (χ3v) is 4.74. The van der Waals surface area contributed by atoms with Crippen LogP contribution in [0.3, 0.4) is 0 Å². The van der Waals surface area contributed by atoms with Crippen LogP contribution in [0.25, 0.3) is 0 Å². The van der Waals surface area contributed by atoms with E-state index in [0.29, 0.717) is 18.7 Å². The average Bonchev–Trinajstić information content (AvgIpc) is 2.48. The van der Waals surface area contributed by atoms with E-state index < -0.39 is 0 Å². The van der Waals surface area contributed by atoms with Crippen LogP contribution in [0.5, 0.6) is 0 Å². The van der Waals surface area contributed by atoms with E-state index in [1.54, 1.807) is 0 Å². The molecule has 0 aliphatic carbocycles. The molecule has 0 spiro atoms. The molecule has 0 aromatic heterocycles. The Morgan fingerprint density at radius 3 is 2.67 bits per heavy atom. The van der Waals surface area contributed by atoms with Gasteiger partial charge in [0.05, 0.1) is 11.7 Å². The van der Waals surface area contributed by atoms with Crippen LogP contribution in [0.4, 0.5) is 0 Å². The summed E-state index contributed by atoms with van der Waals surface area (Å²) >= 11 is 6.85. The molecule has 2 N–H and O–H groups in total. The van der Waals surface area contributed by atoms with Crippen LogP contribution in [-0.2, 0) is 4.74 Å². The van der Waals surface area contributed by atoms with Crippen molar-refractivity contribution >= 4 is 37.8 Å². The van der Waals surface area contributed by atoms with Gasteiger partial charge in [0.15, 0.2) is 0 Å². The lowest BCUT2D eigenvalue weighted by Gasteiger charge is -2.32. The fraction of sp³-hybridized carbons (Fsp3) is 0.533. The Labute approximate surface area is 142 Å². The van der Waals surface area contributed by atoms with Crippen molar-refractivity contribution < 1.29 is 9.53 Å². The SMILES string of the molecule is NCCCOC1CCN(C(=O)c2ccc(Br)cc2Br)CC1. The first kappa shape index (κ1) is 16.9. The van der Waals surface area contributed by atoms with Gasteiger partial charge in [0.2, 0.25) is 0 Å². The van der Waals surface area contributed by atoms with Gasteiger partial charge in [0, 0.05) is 28.6 Å². The number of halogens is 2. The van der Waals surface area contributed by atoms with Gasteiger partial charge in [-0.05, 0) is 59.9 Å². The summed E-state index contributed by atoms with van der Waals surface area (Å²) in [6.07, 6.45) is 2.94. The molecule has 2 rings (SSSR count). The highest BCUT2D eigenvalue weighted by Gasteiger charge is 2.25. The highest BCUT2D eigenvalue weighted by Crippen LogP contribution is 2.24. The van der Waals surface area contributed by atoms with E-state index in [1.807, 2.05) is 23.1 Å². The number of likely N-dealkylation sites (tertiary alicyclic amines) is 1. The largest absolute Gasteiger partial charge is 0.378 e. The summed E-state index contributed by atoms with van der Waals surface area (Å²) < 4.78 is 7.54. The van der Waals surface area contributed by atoms with Gasteiger partial charge < -0.3 is 15.4 Å². The Bertz CT molecular complexity index is 489. The Morgan fingerprint density at radius 2 is 2.05 bits per heavy atom. The molecule has 4 nitrogen and oxygen atoms in total. The predicted molar refractivity (Wildman–Crippen MR) is 90.4 cm³/mol. The van der Waals surface area contributed by atoms with Crippen molar-refractivity contribution in [3.05, 3.63) is 32.7 Å². The molecule has 1 heterocycles. The van der Waals surface area contributed by atoms with Gasteiger partial charge in [-0.2, -0.15) is 0 Å². The van der Waals surface area contributed by atoms with Crippen molar-refractivity contribution in [1.29, 1.82) is 0 Å². The number of hydrogen-bond acceptors (Lipinski definition) is 3. The molecule has 0 radical (unpaired) electrons. The van der Waals surface area contributed by atoms with E-state index in [2.05, 4.69) is 31.9 Å². The fourth-order valence-corrected chi connectivity index (χ4v) is 3.61. The number of nitrogens with two attached hydrogens (primary N) is 1. The van der Waals surface area contributed by atoms with E-state index in [1.165, 1.54) is 0 Å². The molecule has 0 unspecified atom stereocenters. The van der Waals surface area contributed by atoms with E-state index in [4.69, 9.17) is 10.5 Å². The number of ether oxygens (including phenoxy) is 1. The molecule has 6 heteroatoms. The Hall–Kier alpha value is -0.430. The molecule has 1 fully saturated rings. The minimum Gasteiger partial charge on any atom is -0.378 e. The van der Waals surface area contributed by atoms with Gasteiger partial charge in [0.1, 0.15) is 0 Å². The van der Waals surface area contributed by atoms with Crippen molar-refractivity contribution in [3.63, 3.8) is 0 Å². The first-order valence-electron chi connectivity index (χ1n) is 7.18. The first-order valence-corrected chi connectivity index (χ1v) is 8.76. The van der Waals surface area contributed by atoms with Crippen molar-refractivity contribution in [2.75, 3.05) is 26.2 Å². The monoisotopic (exact) mass is 418 g/mol. The van der Waals surface area contributed by atoms with Crippen LogP contribution in [0.15, 0.2) is 27.1 Å². The summed E-state index contributed by atoms with van der Waals surface area (Å²) in [5, 5.41) is 0. The normalized spacial score (nSPS) is 16.2. The molecule has 1 aliphatic heterocycles. The molecular formula is C15H20Br2N2O2. The smallest absolute Gasteiger partial charge is 0.255 e. The molecule has 0 bridgehead atoms. The third kappa shape index (κ3) is 4.77. The van der Waals surface area contributed by atoms with Crippen LogP contribution < -0.4 is 5.73 Å². The summed E-state index contributed by atoms with van der Waals surface area (Å²) in [5.41, 5.74) is 6.16. The lowest BCUT2D eigenvalue weighted by atomic mass is 10.1. The molecule has 1 aromatic carbocycles. The maximum absolute atomic E-state index is 12.5. The summed E-state index contributed by atoms with van der Waals surface area (Å²) in [6.45, 7) is 2.87. The second-order valence-corrected chi connectivity index (χ2v) is 6.90. The first-order chi connectivity index (χ1) is 10.1. The summed E-state index contributed by atoms with van der Waals surface area (Å²) in [6, 6.07) is 5.64. The predicted octanol–water partition coefficient (Wildman–Crippen LogP) is 3.18. The molecule has 1 aliphatic rings. The van der Waals surface area contributed by atoms with Gasteiger partial charge in [-0.25, -0.2) is 0 Å². The van der Waals surface area contributed by atoms with E-state index in [0.717, 1.165) is 41.3 Å². The highest BCUT2D eigenvalue weighted by molar-refractivity contribution is 9.11. The minimum atomic E-state index is 0.0785. The Balaban J connectivity index is 1.88. The minimum absolute atomic E-state index is 0.0785. The Morgan fingerprint density at radius 1 is 1.33 bits per heavy atom. The van der Waals surface area contributed by atoms with Crippen LogP contribution in [0.2, 0.25) is 0 Å². The number of benzene rings is 1. The average molecular weight is 420 g/mol. The van der Waals surface area contributed by atoms with Gasteiger partial charge in [0.25, 0.3) is 5.91 Å². The van der Waals surface area contributed by atoms with Crippen LogP contribution in [-0.4, -0.2) is 43.2 Å². The standard InChI is InChI=1S/C15H20Br2N2O2/c16-11-2-3-13(14(17)10-11)15(20)19-7-4-12(5-8-19)21-9-1-6-18/h2-3,10,12H,1,4-9,18H2. The van der Waals surface area contributed by atoms with Crippen molar-refractivity contribution in [1.82, 2.24) is 4.90 Å². The van der Waals surface area contributed by atoms with Crippen LogP contribution >= 0.6 is 31.9 Å². The van der Waals surface area contributed by atoms with Crippen molar-refractivity contribution in [3.8, 4) is 0 Å². The van der Waals surface area contributed by atoms with Crippen LogP contribution in [0, 0.1) is 0 Å². The molecular weight excluding hydrogens is 400 g/mol. The lowest BCUT2D eigenvalue weighted by molar-refractivity contribution is 0.00842. The van der Waals surface area contributed by atoms with Crippen LogP contribution in [0.1, 0.15) is 29.6 Å². The van der Waals surface area contributed by atoms with Gasteiger partial charge >= 0.3 is 0 Å². The molecule has 0 atom stereocenters. The van der Waals surface area contributed by atoms with Gasteiger partial charge in [-0.3, -0.25) is 4.79 Å². The second kappa shape index (κ2) is 8.27. The van der Waals surface area contributed by atoms with Crippen molar-refractivity contribution in [2.45, 2.75) is 25.4 Å². The lowest BCUT2D eigenvalue weighted by Crippen LogP contribution is -2.41. The molecule has 116 valence electrons. The zero-order chi connectivity index (χ0) is 15.2. The van der Waals surface area contributed by atoms with Gasteiger partial charge in [-0.1, -0.05) is 15.9 Å². The summed E-state index contributed by atoms with van der Waals surface area (Å²) in [5.74, 6) is 0.0785. The maximum atomic E-state index is 12.5. The van der Waals surface area contributed by atoms with E-state index >= 15 is 0 Å². The number of hydrogen-bond donors (Lipinski definition) is 1. The summed E-state index contributed by atoms with van der Waals surface area (Å²) in [4.78, 5) is 14.4. The molecule has 21 heavy (non-hydrogen) atoms. The quantitative estimate of drug-likeness (QED) is 0.745. The second-order valence-electron chi connectivity index (χ2n) is 5.13. The molecule has 0 saturated carbocycles. The number of carbonyl (C=O) groups excluding carboxylic acids is 1. The Kier molecular flexibility index (Phi) is 6.67. The number of piperidine rings is 1. The van der Waals surface area contributed by atoms with E-state index in [9.17, 15) is 4.79 Å². The summed E-state index contributed by atoms with van der Waals surface area (Å²) in [7, 11) is 0. The maximum Gasteiger partial charge on any atom is 0.255 e. The number of nitrogens with zero attached hydrogens (tertiary/aromatic N) is 1. The highest BCUT2D eigenvalue weighted by atomic mass is 79.9. The zero-order valence-electron chi connectivity index (χ0n) is 11.9. The fourth-order valence-electron chi connectivity index (χ4n) is 2.39. The zero-order valence-corrected chi connectivity index (χ0v) is 15.0. The number of amides is 1. The topological polar surface area (TPSA) is 55.6 Å². The van der Waals surface area contributed by atoms with Crippen molar-refractivity contribution in [2.24, 2.45) is 5.73 Å². The van der Waals surface area contributed by atoms with Gasteiger partial charge in [-0.15, -0.1) is 0 Å². The molecule has 1 aromatic rings. The molecule has 1 amide bonds. The third-order valence-electron chi connectivity index (χ3n) is 3.59. The number of rotatable bonds is 5. The van der Waals surface area contributed by atoms with E-state index in [-0.39, 0.29) is 12.0 Å². The molecule has 1 saturated heterocycles. The number of carbonyl (C=O) groups is 1.